The van der Waals surface area contributed by atoms with Crippen LogP contribution in [0.3, 0.4) is 0 Å². The average Bonchev–Trinajstić information content (AvgIpc) is 2.35. The zero-order chi connectivity index (χ0) is 17.8. The Morgan fingerprint density at radius 3 is 2.39 bits per heavy atom. The largest absolute Gasteiger partial charge is 0.480 e. The zero-order valence-corrected chi connectivity index (χ0v) is 14.3. The maximum absolute atomic E-state index is 11.7. The van der Waals surface area contributed by atoms with Crippen LogP contribution in [0.15, 0.2) is 29.2 Å². The molecule has 1 amide bonds. The predicted molar refractivity (Wildman–Crippen MR) is 84.0 cm³/mol. The van der Waals surface area contributed by atoms with Crippen molar-refractivity contribution < 1.29 is 27.9 Å². The predicted octanol–water partition coefficient (Wildman–Crippen LogP) is 1.61. The van der Waals surface area contributed by atoms with Crippen molar-refractivity contribution in [3.8, 4) is 0 Å². The van der Waals surface area contributed by atoms with Gasteiger partial charge >= 0.3 is 12.1 Å². The molecule has 1 aromatic carbocycles. The minimum atomic E-state index is -3.39. The molecule has 128 valence electrons. The maximum atomic E-state index is 11.7. The number of carboxylic acids is 1. The number of ether oxygens (including phenoxy) is 1. The highest BCUT2D eigenvalue weighted by atomic mass is 32.2. The fraction of sp³-hybridized carbons (Fsp3) is 0.467. The molecule has 1 atom stereocenters. The Kier molecular flexibility index (Phi) is 5.76. The van der Waals surface area contributed by atoms with E-state index in [0.29, 0.717) is 5.56 Å². The SMILES string of the molecule is CC(C)(C)OC(=O)NC(Cc1cccc(S(C)(=O)=O)c1)C(=O)O. The molecular formula is C15H21NO6S. The van der Waals surface area contributed by atoms with E-state index in [1.807, 2.05) is 0 Å². The van der Waals surface area contributed by atoms with E-state index in [1.165, 1.54) is 18.2 Å². The normalized spacial score (nSPS) is 13.2. The van der Waals surface area contributed by atoms with Crippen molar-refractivity contribution in [2.45, 2.75) is 43.7 Å². The number of hydrogen-bond acceptors (Lipinski definition) is 5. The fourth-order valence-electron chi connectivity index (χ4n) is 1.79. The third-order valence-electron chi connectivity index (χ3n) is 2.76. The molecule has 2 N–H and O–H groups in total. The van der Waals surface area contributed by atoms with Crippen LogP contribution in [0.25, 0.3) is 0 Å². The first-order valence-corrected chi connectivity index (χ1v) is 8.79. The Bertz CT molecular complexity index is 690. The topological polar surface area (TPSA) is 110 Å². The first kappa shape index (κ1) is 19.0. The number of carbonyl (C=O) groups is 2. The third-order valence-corrected chi connectivity index (χ3v) is 3.87. The van der Waals surface area contributed by atoms with Gasteiger partial charge in [-0.25, -0.2) is 18.0 Å². The van der Waals surface area contributed by atoms with Gasteiger partial charge in [-0.05, 0) is 38.5 Å². The van der Waals surface area contributed by atoms with Gasteiger partial charge in [0.25, 0.3) is 0 Å². The Morgan fingerprint density at radius 2 is 1.91 bits per heavy atom. The lowest BCUT2D eigenvalue weighted by Gasteiger charge is -2.22. The molecule has 0 aliphatic carbocycles. The second-order valence-electron chi connectivity index (χ2n) is 6.16. The molecule has 0 aliphatic rings. The lowest BCUT2D eigenvalue weighted by atomic mass is 10.1. The minimum Gasteiger partial charge on any atom is -0.480 e. The van der Waals surface area contributed by atoms with Crippen molar-refractivity contribution in [3.63, 3.8) is 0 Å². The van der Waals surface area contributed by atoms with E-state index in [4.69, 9.17) is 4.74 Å². The number of carbonyl (C=O) groups excluding carboxylic acids is 1. The van der Waals surface area contributed by atoms with Crippen LogP contribution in [0.2, 0.25) is 0 Å². The van der Waals surface area contributed by atoms with Gasteiger partial charge in [-0.2, -0.15) is 0 Å². The smallest absolute Gasteiger partial charge is 0.408 e. The van der Waals surface area contributed by atoms with E-state index in [1.54, 1.807) is 26.8 Å². The summed E-state index contributed by atoms with van der Waals surface area (Å²) >= 11 is 0. The van der Waals surface area contributed by atoms with E-state index < -0.39 is 33.5 Å². The first-order valence-electron chi connectivity index (χ1n) is 6.90. The highest BCUT2D eigenvalue weighted by molar-refractivity contribution is 7.90. The minimum absolute atomic E-state index is 0.0576. The summed E-state index contributed by atoms with van der Waals surface area (Å²) in [5.74, 6) is -1.24. The first-order chi connectivity index (χ1) is 10.4. The summed E-state index contributed by atoms with van der Waals surface area (Å²) in [5.41, 5.74) is -0.264. The van der Waals surface area contributed by atoms with Gasteiger partial charge in [0.15, 0.2) is 9.84 Å². The highest BCUT2D eigenvalue weighted by Gasteiger charge is 2.24. The van der Waals surface area contributed by atoms with Crippen molar-refractivity contribution in [3.05, 3.63) is 29.8 Å². The molecule has 1 unspecified atom stereocenters. The number of carboxylic acid groups (broad SMARTS) is 1. The van der Waals surface area contributed by atoms with Crippen LogP contribution in [0.1, 0.15) is 26.3 Å². The lowest BCUT2D eigenvalue weighted by Crippen LogP contribution is -2.44. The Balaban J connectivity index is 2.89. The molecule has 1 aromatic rings. The quantitative estimate of drug-likeness (QED) is 0.840. The lowest BCUT2D eigenvalue weighted by molar-refractivity contribution is -0.139. The van der Waals surface area contributed by atoms with Crippen molar-refractivity contribution in [1.82, 2.24) is 5.32 Å². The van der Waals surface area contributed by atoms with Crippen LogP contribution < -0.4 is 5.32 Å². The molecule has 0 aliphatic heterocycles. The van der Waals surface area contributed by atoms with Crippen LogP contribution in [0, 0.1) is 0 Å². The van der Waals surface area contributed by atoms with E-state index in [-0.39, 0.29) is 11.3 Å². The van der Waals surface area contributed by atoms with Gasteiger partial charge in [-0.15, -0.1) is 0 Å². The van der Waals surface area contributed by atoms with E-state index in [0.717, 1.165) is 6.26 Å². The third kappa shape index (κ3) is 6.68. The van der Waals surface area contributed by atoms with Crippen molar-refractivity contribution in [2.24, 2.45) is 0 Å². The zero-order valence-electron chi connectivity index (χ0n) is 13.5. The molecule has 0 radical (unpaired) electrons. The number of rotatable bonds is 5. The molecule has 0 bridgehead atoms. The number of amides is 1. The van der Waals surface area contributed by atoms with Gasteiger partial charge in [0.1, 0.15) is 11.6 Å². The molecule has 0 heterocycles. The molecular weight excluding hydrogens is 322 g/mol. The summed E-state index contributed by atoms with van der Waals surface area (Å²) < 4.78 is 28.1. The summed E-state index contributed by atoms with van der Waals surface area (Å²) in [6.45, 7) is 4.99. The van der Waals surface area contributed by atoms with Gasteiger partial charge in [0.2, 0.25) is 0 Å². The molecule has 1 rings (SSSR count). The van der Waals surface area contributed by atoms with Gasteiger partial charge < -0.3 is 15.2 Å². The number of aliphatic carboxylic acids is 1. The van der Waals surface area contributed by atoms with Crippen LogP contribution in [0.4, 0.5) is 4.79 Å². The molecule has 8 heteroatoms. The summed E-state index contributed by atoms with van der Waals surface area (Å²) in [7, 11) is -3.39. The molecule has 0 fully saturated rings. The van der Waals surface area contributed by atoms with E-state index in [2.05, 4.69) is 5.32 Å². The van der Waals surface area contributed by atoms with Crippen molar-refractivity contribution in [1.29, 1.82) is 0 Å². The Hall–Kier alpha value is -2.09. The summed E-state index contributed by atoms with van der Waals surface area (Å²) in [6.07, 6.45) is 0.168. The van der Waals surface area contributed by atoms with Crippen molar-refractivity contribution in [2.75, 3.05) is 6.26 Å². The van der Waals surface area contributed by atoms with Crippen LogP contribution in [-0.2, 0) is 25.8 Å². The summed E-state index contributed by atoms with van der Waals surface area (Å²) in [6, 6.07) is 4.72. The number of nitrogens with one attached hydrogen (secondary N) is 1. The maximum Gasteiger partial charge on any atom is 0.408 e. The van der Waals surface area contributed by atoms with Crippen LogP contribution in [0.5, 0.6) is 0 Å². The molecule has 7 nitrogen and oxygen atoms in total. The molecule has 0 saturated heterocycles. The Morgan fingerprint density at radius 1 is 1.30 bits per heavy atom. The van der Waals surface area contributed by atoms with Crippen LogP contribution >= 0.6 is 0 Å². The second kappa shape index (κ2) is 6.99. The Labute approximate surface area is 135 Å². The summed E-state index contributed by atoms with van der Waals surface area (Å²) in [5, 5.41) is 11.5. The second-order valence-corrected chi connectivity index (χ2v) is 8.18. The molecule has 23 heavy (non-hydrogen) atoms. The van der Waals surface area contributed by atoms with E-state index >= 15 is 0 Å². The standard InChI is InChI=1S/C15H21NO6S/c1-15(2,3)22-14(19)16-12(13(17)18)9-10-6-5-7-11(8-10)23(4,20)21/h5-8,12H,9H2,1-4H3,(H,16,19)(H,17,18). The van der Waals surface area contributed by atoms with E-state index in [9.17, 15) is 23.1 Å². The number of sulfone groups is 1. The number of alkyl carbamates (subject to hydrolysis) is 1. The molecule has 0 saturated carbocycles. The monoisotopic (exact) mass is 343 g/mol. The average molecular weight is 343 g/mol. The van der Waals surface area contributed by atoms with Gasteiger partial charge in [-0.3, -0.25) is 0 Å². The number of hydrogen-bond donors (Lipinski definition) is 2. The van der Waals surface area contributed by atoms with Gasteiger partial charge in [0.05, 0.1) is 4.90 Å². The van der Waals surface area contributed by atoms with Crippen molar-refractivity contribution >= 4 is 21.9 Å². The molecule has 0 aromatic heterocycles. The van der Waals surface area contributed by atoms with Gasteiger partial charge in [0, 0.05) is 12.7 Å². The fourth-order valence-corrected chi connectivity index (χ4v) is 2.48. The van der Waals surface area contributed by atoms with Gasteiger partial charge in [-0.1, -0.05) is 12.1 Å². The molecule has 0 spiro atoms. The highest BCUT2D eigenvalue weighted by Crippen LogP contribution is 2.13. The van der Waals surface area contributed by atoms with Crippen LogP contribution in [-0.4, -0.2) is 43.5 Å². The number of benzene rings is 1. The summed E-state index contributed by atoms with van der Waals surface area (Å²) in [4.78, 5) is 23.1.